The van der Waals surface area contributed by atoms with E-state index < -0.39 is 0 Å². The summed E-state index contributed by atoms with van der Waals surface area (Å²) in [5, 5.41) is 15.3. The van der Waals surface area contributed by atoms with Crippen molar-refractivity contribution in [1.29, 1.82) is 0 Å². The minimum absolute atomic E-state index is 0.449. The Morgan fingerprint density at radius 2 is 0.782 bits per heavy atom. The normalized spacial score (nSPS) is 12.1. The van der Waals surface area contributed by atoms with Gasteiger partial charge in [-0.2, -0.15) is 0 Å². The number of hydrogen-bond acceptors (Lipinski definition) is 8. The van der Waals surface area contributed by atoms with E-state index in [-0.39, 0.29) is 0 Å². The molecule has 5 nitrogen and oxygen atoms in total. The van der Waals surface area contributed by atoms with Crippen LogP contribution in [0.2, 0.25) is 5.15 Å². The van der Waals surface area contributed by atoms with Gasteiger partial charge in [0.25, 0.3) is 0 Å². The van der Waals surface area contributed by atoms with Crippen LogP contribution in [0.4, 0.5) is 0 Å². The standard InChI is InChI=1S/C38H21N3S2.C22H11ClN2S2.C17H12/c1-2-10-23-21-31-28(19-22(23)9-1)25-11-3-6-14-30(25)41(31)37-35(40-38-36(39-37)27-13-5-8-16-33(27)43-38)24-17-18-34-29(20-24)26-12-4-7-15-32(26)42-34;23-21-19(25-22-20(24-21)14-6-2-4-8-17(14)27-22)12-9-10-18-15(11-12)13-5-1-3-7-16(13)26-18;1-2-6-13-11-17-15(9-12(13)5-1)10-14-7-3-4-8-16(14)17/h1-21H;1-11H;1-9,11H,10H2. The van der Waals surface area contributed by atoms with Crippen molar-refractivity contribution >= 4 is 182 Å². The quantitative estimate of drug-likeness (QED) is 0.177. The summed E-state index contributed by atoms with van der Waals surface area (Å²) in [7, 11) is 0. The molecule has 1 aliphatic rings. The van der Waals surface area contributed by atoms with Gasteiger partial charge in [0.2, 0.25) is 0 Å². The van der Waals surface area contributed by atoms with Crippen molar-refractivity contribution in [3.8, 4) is 39.5 Å². The van der Waals surface area contributed by atoms with Crippen molar-refractivity contribution in [2.24, 2.45) is 0 Å². The van der Waals surface area contributed by atoms with E-state index in [4.69, 9.17) is 26.6 Å². The van der Waals surface area contributed by atoms with Crippen LogP contribution in [-0.2, 0) is 6.42 Å². The van der Waals surface area contributed by atoms with Crippen molar-refractivity contribution in [3.05, 3.63) is 271 Å². The summed E-state index contributed by atoms with van der Waals surface area (Å²) < 4.78 is 9.86. The fraction of sp³-hybridized carbons (Fsp3) is 0.0130. The fourth-order valence-corrected chi connectivity index (χ4v) is 17.5. The lowest BCUT2D eigenvalue weighted by Gasteiger charge is -2.13. The SMILES string of the molecule is Clc1nc2c(nc1-c1ccc3sc4ccccc4c3c1)sc1ccccc12.c1ccc2c(c1)Cc1cc3ccccc3cc1-2.c1ccc2cc3c(cc2c1)c1ccccc1n3-c1nc2c(nc1-c1ccc3sc4ccccc4c3c1)sc1ccccc12. The third-order valence-corrected chi connectivity index (χ3v) is 21.8. The average Bonchev–Trinajstić information content (AvgIpc) is 2.08. The highest BCUT2D eigenvalue weighted by Gasteiger charge is 2.23. The van der Waals surface area contributed by atoms with Crippen LogP contribution in [-0.4, -0.2) is 24.5 Å². The number of para-hydroxylation sites is 1. The molecule has 10 heteroatoms. The maximum atomic E-state index is 6.57. The number of rotatable bonds is 3. The Morgan fingerprint density at radius 1 is 0.310 bits per heavy atom. The van der Waals surface area contributed by atoms with Crippen LogP contribution >= 0.6 is 56.9 Å². The molecule has 0 atom stereocenters. The van der Waals surface area contributed by atoms with Crippen molar-refractivity contribution in [2.75, 3.05) is 0 Å². The third kappa shape index (κ3) is 8.37. The summed E-state index contributed by atoms with van der Waals surface area (Å²) in [4.78, 5) is 22.4. The van der Waals surface area contributed by atoms with E-state index in [1.54, 1.807) is 22.7 Å². The molecule has 0 N–H and O–H groups in total. The first kappa shape index (κ1) is 50.6. The highest BCUT2D eigenvalue weighted by molar-refractivity contribution is 7.26. The van der Waals surface area contributed by atoms with E-state index >= 15 is 0 Å². The number of benzene rings is 12. The molecule has 0 spiro atoms. The summed E-state index contributed by atoms with van der Waals surface area (Å²) in [6.07, 6.45) is 1.08. The molecule has 0 fully saturated rings. The lowest BCUT2D eigenvalue weighted by atomic mass is 10.0. The number of thiophene rings is 4. The topological polar surface area (TPSA) is 56.5 Å². The van der Waals surface area contributed by atoms with Gasteiger partial charge in [-0.1, -0.05) is 194 Å². The lowest BCUT2D eigenvalue weighted by molar-refractivity contribution is 1.09. The Hall–Kier alpha value is -9.71. The van der Waals surface area contributed by atoms with Gasteiger partial charge < -0.3 is 0 Å². The monoisotopic (exact) mass is 1200 g/mol. The molecule has 0 radical (unpaired) electrons. The summed E-state index contributed by atoms with van der Waals surface area (Å²) in [6, 6.07) is 91.0. The van der Waals surface area contributed by atoms with Gasteiger partial charge >= 0.3 is 0 Å². The maximum Gasteiger partial charge on any atom is 0.165 e. The summed E-state index contributed by atoms with van der Waals surface area (Å²) in [6.45, 7) is 0. The molecule has 1 aliphatic carbocycles. The molecule has 0 aliphatic heterocycles. The van der Waals surface area contributed by atoms with E-state index in [1.807, 2.05) is 34.8 Å². The van der Waals surface area contributed by atoms with Gasteiger partial charge in [0, 0.05) is 82.4 Å². The van der Waals surface area contributed by atoms with E-state index in [0.29, 0.717) is 5.15 Å². The predicted molar refractivity (Wildman–Crippen MR) is 376 cm³/mol. The fourth-order valence-electron chi connectivity index (χ4n) is 13.0. The van der Waals surface area contributed by atoms with Crippen molar-refractivity contribution in [1.82, 2.24) is 24.5 Å². The summed E-state index contributed by atoms with van der Waals surface area (Å²) in [5.41, 5.74) is 13.6. The zero-order valence-electron chi connectivity index (χ0n) is 46.2. The molecular weight excluding hydrogens is 1160 g/mol. The van der Waals surface area contributed by atoms with E-state index in [1.165, 1.54) is 104 Å². The molecule has 12 aromatic carbocycles. The Balaban J connectivity index is 0.000000110. The first-order valence-electron chi connectivity index (χ1n) is 28.9. The smallest absolute Gasteiger partial charge is 0.165 e. The molecule has 7 aromatic heterocycles. The molecule has 0 bridgehead atoms. The molecule has 408 valence electrons. The Morgan fingerprint density at radius 3 is 1.43 bits per heavy atom. The van der Waals surface area contributed by atoms with Crippen LogP contribution in [0, 0.1) is 0 Å². The molecule has 0 unspecified atom stereocenters. The van der Waals surface area contributed by atoms with Crippen LogP contribution in [0.1, 0.15) is 11.1 Å². The number of aromatic nitrogens is 5. The number of nitrogens with zero attached hydrogens (tertiary/aromatic N) is 5. The van der Waals surface area contributed by atoms with Crippen LogP contribution in [0.15, 0.2) is 255 Å². The molecule has 0 saturated carbocycles. The lowest BCUT2D eigenvalue weighted by Crippen LogP contribution is -2.03. The van der Waals surface area contributed by atoms with Gasteiger partial charge in [-0.3, -0.25) is 4.57 Å². The molecular formula is C77H44ClN5S4. The van der Waals surface area contributed by atoms with Gasteiger partial charge in [0.05, 0.1) is 11.0 Å². The van der Waals surface area contributed by atoms with E-state index in [0.717, 1.165) is 77.3 Å². The zero-order chi connectivity index (χ0) is 57.3. The highest BCUT2D eigenvalue weighted by Crippen LogP contribution is 2.45. The van der Waals surface area contributed by atoms with Crippen molar-refractivity contribution in [2.45, 2.75) is 6.42 Å². The van der Waals surface area contributed by atoms with Crippen molar-refractivity contribution in [3.63, 3.8) is 0 Å². The Labute approximate surface area is 518 Å². The maximum absolute atomic E-state index is 6.57. The number of hydrogen-bond donors (Lipinski definition) is 0. The summed E-state index contributed by atoms with van der Waals surface area (Å²) >= 11 is 13.6. The van der Waals surface area contributed by atoms with Gasteiger partial charge in [-0.25, -0.2) is 19.9 Å². The first-order chi connectivity index (χ1) is 43.0. The van der Waals surface area contributed by atoms with Gasteiger partial charge in [-0.05, 0) is 123 Å². The Kier molecular flexibility index (Phi) is 11.8. The molecule has 7 heterocycles. The van der Waals surface area contributed by atoms with E-state index in [2.05, 4.69) is 252 Å². The second-order valence-electron chi connectivity index (χ2n) is 22.1. The minimum atomic E-state index is 0.449. The predicted octanol–water partition coefficient (Wildman–Crippen LogP) is 23.1. The van der Waals surface area contributed by atoms with Gasteiger partial charge in [0.15, 0.2) is 11.0 Å². The van der Waals surface area contributed by atoms with Crippen LogP contribution < -0.4 is 0 Å². The van der Waals surface area contributed by atoms with Crippen LogP contribution in [0.25, 0.3) is 164 Å². The molecule has 19 aromatic rings. The third-order valence-electron chi connectivity index (χ3n) is 17.1. The molecule has 87 heavy (non-hydrogen) atoms. The first-order valence-corrected chi connectivity index (χ1v) is 32.5. The highest BCUT2D eigenvalue weighted by atomic mass is 35.5. The largest absolute Gasteiger partial charge is 0.292 e. The molecule has 0 saturated heterocycles. The molecule has 20 rings (SSSR count). The van der Waals surface area contributed by atoms with Crippen molar-refractivity contribution < 1.29 is 0 Å². The minimum Gasteiger partial charge on any atom is -0.292 e. The Bertz CT molecular complexity index is 6050. The van der Waals surface area contributed by atoms with Crippen LogP contribution in [0.3, 0.4) is 0 Å². The van der Waals surface area contributed by atoms with E-state index in [9.17, 15) is 0 Å². The second-order valence-corrected chi connectivity index (χ2v) is 26.7. The molecule has 0 amide bonds. The zero-order valence-corrected chi connectivity index (χ0v) is 50.2. The van der Waals surface area contributed by atoms with Gasteiger partial charge in [0.1, 0.15) is 32.1 Å². The number of halogens is 1. The number of fused-ring (bicyclic) bond motifs is 20. The summed E-state index contributed by atoms with van der Waals surface area (Å²) in [5.74, 6) is 0.858. The van der Waals surface area contributed by atoms with Crippen LogP contribution in [0.5, 0.6) is 0 Å². The van der Waals surface area contributed by atoms with Gasteiger partial charge in [-0.15, -0.1) is 45.3 Å². The second kappa shape index (κ2) is 20.2. The average molecular weight is 1200 g/mol.